The summed E-state index contributed by atoms with van der Waals surface area (Å²) >= 11 is 0. The first-order valence-electron chi connectivity index (χ1n) is 19.0. The number of fused-ring (bicyclic) bond motifs is 4. The van der Waals surface area contributed by atoms with Gasteiger partial charge in [0.25, 0.3) is 0 Å². The number of oxazole rings is 2. The zero-order valence-corrected chi connectivity index (χ0v) is 30.7. The Morgan fingerprint density at radius 2 is 0.684 bits per heavy atom. The Hall–Kier alpha value is -7.76. The molecule has 2 aromatic heterocycles. The Morgan fingerprint density at radius 1 is 0.298 bits per heavy atom. The average Bonchev–Trinajstić information content (AvgIpc) is 3.92. The van der Waals surface area contributed by atoms with E-state index in [1.54, 1.807) is 0 Å². The van der Waals surface area contributed by atoms with Gasteiger partial charge in [-0.05, 0) is 141 Å². The summed E-state index contributed by atoms with van der Waals surface area (Å²) in [6.07, 6.45) is 0. The molecule has 5 heteroatoms. The molecule has 0 saturated carbocycles. The van der Waals surface area contributed by atoms with Crippen LogP contribution in [0.15, 0.2) is 209 Å². The largest absolute Gasteiger partial charge is 0.436 e. The summed E-state index contributed by atoms with van der Waals surface area (Å²) in [6, 6.07) is 69.9. The van der Waals surface area contributed by atoms with E-state index in [0.717, 1.165) is 61.5 Å². The molecule has 0 atom stereocenters. The highest BCUT2D eigenvalue weighted by atomic mass is 16.4. The molecule has 9 aromatic carbocycles. The van der Waals surface area contributed by atoms with Crippen molar-refractivity contribution < 1.29 is 8.83 Å². The number of hydrogen-bond acceptors (Lipinski definition) is 5. The highest BCUT2D eigenvalue weighted by Gasteiger charge is 2.16. The molecule has 0 spiro atoms. The summed E-state index contributed by atoms with van der Waals surface area (Å²) in [5.41, 5.74) is 12.9. The fourth-order valence-corrected chi connectivity index (χ4v) is 7.72. The van der Waals surface area contributed by atoms with Crippen LogP contribution in [0.4, 0.5) is 17.1 Å². The summed E-state index contributed by atoms with van der Waals surface area (Å²) in [5, 5.41) is 4.84. The molecule has 268 valence electrons. The lowest BCUT2D eigenvalue weighted by molar-refractivity contribution is 0.619. The lowest BCUT2D eigenvalue weighted by Gasteiger charge is -2.26. The van der Waals surface area contributed by atoms with Crippen LogP contribution >= 0.6 is 0 Å². The Morgan fingerprint density at radius 3 is 1.26 bits per heavy atom. The van der Waals surface area contributed by atoms with Gasteiger partial charge in [-0.15, -0.1) is 0 Å². The van der Waals surface area contributed by atoms with Gasteiger partial charge in [-0.2, -0.15) is 0 Å². The number of aromatic nitrogens is 2. The number of hydrogen-bond donors (Lipinski definition) is 0. The van der Waals surface area contributed by atoms with Crippen LogP contribution in [0.25, 0.3) is 88.9 Å². The van der Waals surface area contributed by atoms with E-state index in [-0.39, 0.29) is 0 Å². The highest BCUT2D eigenvalue weighted by Crippen LogP contribution is 2.39. The molecule has 11 rings (SSSR count). The van der Waals surface area contributed by atoms with Crippen molar-refractivity contribution in [3.05, 3.63) is 200 Å². The van der Waals surface area contributed by atoms with Gasteiger partial charge in [0, 0.05) is 28.2 Å². The zero-order chi connectivity index (χ0) is 37.7. The van der Waals surface area contributed by atoms with E-state index < -0.39 is 0 Å². The monoisotopic (exact) mass is 731 g/mol. The standard InChI is InChI=1S/C52H33N3O2/c1-2-8-39-31-40(18-15-34(39)7-1)41-19-20-43-33-46(30-25-42(43)32-41)55(45-28-23-38(24-29-45)52-54-48-10-4-6-12-50(48)57-52)44-26-21-36(22-27-44)35-13-16-37(17-14-35)51-53-47-9-3-5-11-49(47)56-51/h1-33H. The molecule has 0 N–H and O–H groups in total. The Bertz CT molecular complexity index is 3170. The first-order valence-corrected chi connectivity index (χ1v) is 19.0. The molecule has 0 aliphatic rings. The van der Waals surface area contributed by atoms with Gasteiger partial charge < -0.3 is 13.7 Å². The molecule has 0 radical (unpaired) electrons. The van der Waals surface area contributed by atoms with Gasteiger partial charge in [0.15, 0.2) is 11.2 Å². The van der Waals surface area contributed by atoms with E-state index in [1.807, 2.05) is 48.5 Å². The Labute approximate surface area is 328 Å². The third kappa shape index (κ3) is 6.08. The third-order valence-electron chi connectivity index (χ3n) is 10.7. The van der Waals surface area contributed by atoms with Crippen LogP contribution in [0.5, 0.6) is 0 Å². The molecule has 57 heavy (non-hydrogen) atoms. The predicted octanol–water partition coefficient (Wildman–Crippen LogP) is 14.4. The molecule has 5 nitrogen and oxygen atoms in total. The molecule has 0 aliphatic carbocycles. The van der Waals surface area contributed by atoms with Crippen LogP contribution in [-0.4, -0.2) is 9.97 Å². The fourth-order valence-electron chi connectivity index (χ4n) is 7.72. The summed E-state index contributed by atoms with van der Waals surface area (Å²) in [5.74, 6) is 1.23. The third-order valence-corrected chi connectivity index (χ3v) is 10.7. The minimum atomic E-state index is 0.605. The van der Waals surface area contributed by atoms with Gasteiger partial charge in [0.2, 0.25) is 11.8 Å². The average molecular weight is 732 g/mol. The van der Waals surface area contributed by atoms with Gasteiger partial charge in [-0.3, -0.25) is 0 Å². The second kappa shape index (κ2) is 13.5. The molecular weight excluding hydrogens is 699 g/mol. The summed E-state index contributed by atoms with van der Waals surface area (Å²) in [4.78, 5) is 11.7. The van der Waals surface area contributed by atoms with E-state index in [1.165, 1.54) is 32.7 Å². The Balaban J connectivity index is 0.940. The maximum atomic E-state index is 6.10. The maximum Gasteiger partial charge on any atom is 0.227 e. The summed E-state index contributed by atoms with van der Waals surface area (Å²) in [6.45, 7) is 0. The van der Waals surface area contributed by atoms with E-state index in [0.29, 0.717) is 11.8 Å². The molecule has 2 heterocycles. The molecule has 0 amide bonds. The molecule has 0 saturated heterocycles. The maximum absolute atomic E-state index is 6.10. The first-order chi connectivity index (χ1) is 28.2. The molecular formula is C52H33N3O2. The summed E-state index contributed by atoms with van der Waals surface area (Å²) < 4.78 is 12.1. The molecule has 0 aliphatic heterocycles. The smallest absolute Gasteiger partial charge is 0.227 e. The Kier molecular flexibility index (Phi) is 7.74. The second-order valence-corrected chi connectivity index (χ2v) is 14.3. The lowest BCUT2D eigenvalue weighted by Crippen LogP contribution is -2.09. The zero-order valence-electron chi connectivity index (χ0n) is 30.7. The van der Waals surface area contributed by atoms with Crippen molar-refractivity contribution in [3.8, 4) is 45.2 Å². The number of anilines is 3. The van der Waals surface area contributed by atoms with E-state index in [9.17, 15) is 0 Å². The first kappa shape index (κ1) is 32.7. The number of para-hydroxylation sites is 4. The van der Waals surface area contributed by atoms with E-state index in [2.05, 4.69) is 162 Å². The lowest BCUT2D eigenvalue weighted by atomic mass is 9.98. The topological polar surface area (TPSA) is 55.3 Å². The molecule has 0 fully saturated rings. The van der Waals surface area contributed by atoms with Crippen molar-refractivity contribution in [1.29, 1.82) is 0 Å². The molecule has 0 bridgehead atoms. The fraction of sp³-hybridized carbons (Fsp3) is 0. The van der Waals surface area contributed by atoms with Crippen LogP contribution < -0.4 is 4.90 Å². The summed E-state index contributed by atoms with van der Waals surface area (Å²) in [7, 11) is 0. The highest BCUT2D eigenvalue weighted by molar-refractivity contribution is 5.94. The van der Waals surface area contributed by atoms with Gasteiger partial charge in [-0.25, -0.2) is 9.97 Å². The van der Waals surface area contributed by atoms with Crippen LogP contribution in [0.2, 0.25) is 0 Å². The normalized spacial score (nSPS) is 11.5. The van der Waals surface area contributed by atoms with Crippen LogP contribution in [-0.2, 0) is 0 Å². The van der Waals surface area contributed by atoms with E-state index >= 15 is 0 Å². The van der Waals surface area contributed by atoms with E-state index in [4.69, 9.17) is 13.8 Å². The minimum absolute atomic E-state index is 0.605. The van der Waals surface area contributed by atoms with Crippen LogP contribution in [0.3, 0.4) is 0 Å². The van der Waals surface area contributed by atoms with Crippen molar-refractivity contribution >= 4 is 60.8 Å². The SMILES string of the molecule is c1ccc2cc(-c3ccc4cc(N(c5ccc(-c6ccc(-c7nc8ccccc8o7)cc6)cc5)c5ccc(-c6nc7ccccc7o6)cc5)ccc4c3)ccc2c1. The molecule has 0 unspecified atom stereocenters. The van der Waals surface area contributed by atoms with Crippen molar-refractivity contribution in [2.45, 2.75) is 0 Å². The van der Waals surface area contributed by atoms with Crippen molar-refractivity contribution in [2.75, 3.05) is 4.90 Å². The van der Waals surface area contributed by atoms with Gasteiger partial charge >= 0.3 is 0 Å². The van der Waals surface area contributed by atoms with Gasteiger partial charge in [0.05, 0.1) is 0 Å². The minimum Gasteiger partial charge on any atom is -0.436 e. The van der Waals surface area contributed by atoms with Gasteiger partial charge in [0.1, 0.15) is 11.0 Å². The number of rotatable bonds is 7. The van der Waals surface area contributed by atoms with Gasteiger partial charge in [-0.1, -0.05) is 103 Å². The predicted molar refractivity (Wildman–Crippen MR) is 233 cm³/mol. The second-order valence-electron chi connectivity index (χ2n) is 14.3. The van der Waals surface area contributed by atoms with Crippen molar-refractivity contribution in [2.24, 2.45) is 0 Å². The van der Waals surface area contributed by atoms with Crippen LogP contribution in [0.1, 0.15) is 0 Å². The molecule has 11 aromatic rings. The van der Waals surface area contributed by atoms with Crippen molar-refractivity contribution in [1.82, 2.24) is 9.97 Å². The number of nitrogens with zero attached hydrogens (tertiary/aromatic N) is 3. The van der Waals surface area contributed by atoms with Crippen molar-refractivity contribution in [3.63, 3.8) is 0 Å². The van der Waals surface area contributed by atoms with Crippen LogP contribution in [0, 0.1) is 0 Å². The quantitative estimate of drug-likeness (QED) is 0.163. The number of benzene rings is 9.